The quantitative estimate of drug-likeness (QED) is 0.630. The van der Waals surface area contributed by atoms with Gasteiger partial charge in [0.1, 0.15) is 5.75 Å². The zero-order valence-corrected chi connectivity index (χ0v) is 13.7. The van der Waals surface area contributed by atoms with Crippen LogP contribution in [-0.2, 0) is 11.2 Å². The Bertz CT molecular complexity index is 632. The summed E-state index contributed by atoms with van der Waals surface area (Å²) in [6.07, 6.45) is 5.14. The molecule has 116 valence electrons. The molecule has 1 aromatic carbocycles. The van der Waals surface area contributed by atoms with Gasteiger partial charge in [0.05, 0.1) is 12.1 Å². The average molecular weight is 316 g/mol. The van der Waals surface area contributed by atoms with Gasteiger partial charge in [-0.05, 0) is 37.1 Å². The van der Waals surface area contributed by atoms with Gasteiger partial charge < -0.3 is 10.1 Å². The van der Waals surface area contributed by atoms with Crippen molar-refractivity contribution >= 4 is 23.3 Å². The fourth-order valence-electron chi connectivity index (χ4n) is 1.91. The van der Waals surface area contributed by atoms with Gasteiger partial charge in [-0.2, -0.15) is 0 Å². The van der Waals surface area contributed by atoms with Crippen LogP contribution >= 0.6 is 11.3 Å². The molecule has 0 aliphatic heterocycles. The van der Waals surface area contributed by atoms with E-state index in [9.17, 15) is 4.79 Å². The summed E-state index contributed by atoms with van der Waals surface area (Å²) in [5, 5.41) is 6.05. The van der Waals surface area contributed by atoms with Crippen molar-refractivity contribution in [1.29, 1.82) is 0 Å². The van der Waals surface area contributed by atoms with E-state index in [1.807, 2.05) is 36.6 Å². The minimum Gasteiger partial charge on any atom is -0.497 e. The Kier molecular flexibility index (Phi) is 6.15. The Morgan fingerprint density at radius 2 is 2.14 bits per heavy atom. The number of aromatic nitrogens is 1. The molecule has 0 saturated heterocycles. The number of rotatable bonds is 7. The topological polar surface area (TPSA) is 51.2 Å². The predicted octanol–water partition coefficient (Wildman–Crippen LogP) is 3.22. The van der Waals surface area contributed by atoms with E-state index in [4.69, 9.17) is 4.74 Å². The molecule has 0 bridgehead atoms. The molecule has 4 nitrogen and oxygen atoms in total. The van der Waals surface area contributed by atoms with Crippen LogP contribution in [0.2, 0.25) is 0 Å². The lowest BCUT2D eigenvalue weighted by molar-refractivity contribution is -0.116. The van der Waals surface area contributed by atoms with E-state index in [0.29, 0.717) is 6.54 Å². The zero-order chi connectivity index (χ0) is 15.8. The normalized spacial score (nSPS) is 10.8. The van der Waals surface area contributed by atoms with E-state index in [1.54, 1.807) is 30.6 Å². The molecule has 0 saturated carbocycles. The van der Waals surface area contributed by atoms with Crippen molar-refractivity contribution < 1.29 is 9.53 Å². The zero-order valence-electron chi connectivity index (χ0n) is 12.8. The highest BCUT2D eigenvalue weighted by Gasteiger charge is 2.00. The first-order chi connectivity index (χ1) is 10.7. The molecule has 1 heterocycles. The highest BCUT2D eigenvalue weighted by atomic mass is 32.1. The first kappa shape index (κ1) is 16.2. The van der Waals surface area contributed by atoms with Crippen molar-refractivity contribution in [2.24, 2.45) is 0 Å². The number of nitrogens with zero attached hydrogens (tertiary/aromatic N) is 1. The molecule has 1 N–H and O–H groups in total. The van der Waals surface area contributed by atoms with E-state index in [1.165, 1.54) is 0 Å². The molecule has 2 aromatic rings. The lowest BCUT2D eigenvalue weighted by Crippen LogP contribution is -2.22. The summed E-state index contributed by atoms with van der Waals surface area (Å²) in [6.45, 7) is 2.65. The second-order valence-electron chi connectivity index (χ2n) is 4.88. The van der Waals surface area contributed by atoms with Crippen LogP contribution in [0.15, 0.2) is 35.7 Å². The summed E-state index contributed by atoms with van der Waals surface area (Å²) >= 11 is 1.67. The second-order valence-corrected chi connectivity index (χ2v) is 5.83. The van der Waals surface area contributed by atoms with Crippen molar-refractivity contribution in [3.63, 3.8) is 0 Å². The smallest absolute Gasteiger partial charge is 0.243 e. The third-order valence-electron chi connectivity index (χ3n) is 3.08. The summed E-state index contributed by atoms with van der Waals surface area (Å²) in [5.74, 6) is 0.727. The number of aryl methyl sites for hydroxylation is 2. The van der Waals surface area contributed by atoms with E-state index in [2.05, 4.69) is 10.3 Å². The summed E-state index contributed by atoms with van der Waals surface area (Å²) in [7, 11) is 1.63. The number of benzene rings is 1. The molecule has 5 heteroatoms. The molecule has 0 fully saturated rings. The van der Waals surface area contributed by atoms with E-state index >= 15 is 0 Å². The highest BCUT2D eigenvalue weighted by Crippen LogP contribution is 2.12. The van der Waals surface area contributed by atoms with Crippen LogP contribution < -0.4 is 10.1 Å². The lowest BCUT2D eigenvalue weighted by atomic mass is 10.2. The first-order valence-corrected chi connectivity index (χ1v) is 8.06. The van der Waals surface area contributed by atoms with Gasteiger partial charge in [-0.3, -0.25) is 4.79 Å². The van der Waals surface area contributed by atoms with Gasteiger partial charge in [-0.25, -0.2) is 4.98 Å². The number of methoxy groups -OCH3 is 1. The summed E-state index contributed by atoms with van der Waals surface area (Å²) < 4.78 is 5.09. The molecule has 0 aliphatic carbocycles. The van der Waals surface area contributed by atoms with Gasteiger partial charge in [0.25, 0.3) is 0 Å². The predicted molar refractivity (Wildman–Crippen MR) is 90.2 cm³/mol. The molecule has 0 radical (unpaired) electrons. The van der Waals surface area contributed by atoms with Gasteiger partial charge in [0.15, 0.2) is 0 Å². The molecule has 22 heavy (non-hydrogen) atoms. The number of hydrogen-bond acceptors (Lipinski definition) is 4. The fourth-order valence-corrected chi connectivity index (χ4v) is 2.73. The Balaban J connectivity index is 1.69. The second kappa shape index (κ2) is 8.34. The maximum absolute atomic E-state index is 11.7. The van der Waals surface area contributed by atoms with Crippen LogP contribution in [0.4, 0.5) is 0 Å². The van der Waals surface area contributed by atoms with Crippen molar-refractivity contribution in [2.45, 2.75) is 19.8 Å². The Morgan fingerprint density at radius 1 is 1.36 bits per heavy atom. The van der Waals surface area contributed by atoms with Gasteiger partial charge in [-0.15, -0.1) is 11.3 Å². The van der Waals surface area contributed by atoms with Crippen molar-refractivity contribution in [3.05, 3.63) is 52.0 Å². The van der Waals surface area contributed by atoms with Gasteiger partial charge in [0, 0.05) is 30.1 Å². The minimum atomic E-state index is -0.0777. The third kappa shape index (κ3) is 5.33. The van der Waals surface area contributed by atoms with Crippen molar-refractivity contribution in [2.75, 3.05) is 13.7 Å². The molecule has 1 aromatic heterocycles. The molecule has 1 amide bonds. The molecular weight excluding hydrogens is 296 g/mol. The molecule has 0 unspecified atom stereocenters. The maximum Gasteiger partial charge on any atom is 0.243 e. The van der Waals surface area contributed by atoms with Crippen LogP contribution in [-0.4, -0.2) is 24.5 Å². The molecule has 0 aliphatic rings. The summed E-state index contributed by atoms with van der Waals surface area (Å²) in [5.41, 5.74) is 2.03. The van der Waals surface area contributed by atoms with Crippen LogP contribution in [0.25, 0.3) is 6.08 Å². The summed E-state index contributed by atoms with van der Waals surface area (Å²) in [4.78, 5) is 16.1. The SMILES string of the molecule is COc1ccc(/C=C/C(=O)NCCCc2nc(C)cs2)cc1. The van der Waals surface area contributed by atoms with Gasteiger partial charge in [0.2, 0.25) is 5.91 Å². The Morgan fingerprint density at radius 3 is 2.77 bits per heavy atom. The number of carbonyl (C=O) groups excluding carboxylic acids is 1. The van der Waals surface area contributed by atoms with Crippen LogP contribution in [0.1, 0.15) is 22.7 Å². The lowest BCUT2D eigenvalue weighted by Gasteiger charge is -2.01. The highest BCUT2D eigenvalue weighted by molar-refractivity contribution is 7.09. The fraction of sp³-hybridized carbons (Fsp3) is 0.294. The first-order valence-electron chi connectivity index (χ1n) is 7.18. The molecule has 0 spiro atoms. The molecule has 0 atom stereocenters. The Hall–Kier alpha value is -2.14. The number of carbonyl (C=O) groups is 1. The van der Waals surface area contributed by atoms with E-state index in [-0.39, 0.29) is 5.91 Å². The van der Waals surface area contributed by atoms with Crippen LogP contribution in [0.5, 0.6) is 5.75 Å². The number of ether oxygens (including phenoxy) is 1. The monoisotopic (exact) mass is 316 g/mol. The standard InChI is InChI=1S/C17H20N2O2S/c1-13-12-22-17(19-13)4-3-11-18-16(20)10-7-14-5-8-15(21-2)9-6-14/h5-10,12H,3-4,11H2,1-2H3,(H,18,20)/b10-7+. The van der Waals surface area contributed by atoms with Gasteiger partial charge in [-0.1, -0.05) is 12.1 Å². The van der Waals surface area contributed by atoms with Crippen molar-refractivity contribution in [3.8, 4) is 5.75 Å². The van der Waals surface area contributed by atoms with Crippen LogP contribution in [0.3, 0.4) is 0 Å². The average Bonchev–Trinajstić information content (AvgIpc) is 2.95. The van der Waals surface area contributed by atoms with Crippen LogP contribution in [0, 0.1) is 6.92 Å². The van der Waals surface area contributed by atoms with E-state index < -0.39 is 0 Å². The van der Waals surface area contributed by atoms with E-state index in [0.717, 1.165) is 34.9 Å². The largest absolute Gasteiger partial charge is 0.497 e. The Labute approximate surface area is 134 Å². The third-order valence-corrected chi connectivity index (χ3v) is 4.10. The molecular formula is C17H20N2O2S. The number of amides is 1. The van der Waals surface area contributed by atoms with Gasteiger partial charge >= 0.3 is 0 Å². The number of thiazole rings is 1. The summed E-state index contributed by atoms with van der Waals surface area (Å²) in [6, 6.07) is 7.56. The molecule has 2 rings (SSSR count). The number of nitrogens with one attached hydrogen (secondary N) is 1. The van der Waals surface area contributed by atoms with Crippen molar-refractivity contribution in [1.82, 2.24) is 10.3 Å². The maximum atomic E-state index is 11.7. The number of hydrogen-bond donors (Lipinski definition) is 1. The minimum absolute atomic E-state index is 0.0777.